The molecule has 39 heavy (non-hydrogen) atoms. The van der Waals surface area contributed by atoms with Crippen molar-refractivity contribution in [2.75, 3.05) is 32.7 Å². The highest BCUT2D eigenvalue weighted by Gasteiger charge is 2.49. The molecule has 0 bridgehead atoms. The zero-order chi connectivity index (χ0) is 28.4. The summed E-state index contributed by atoms with van der Waals surface area (Å²) in [4.78, 5) is 30.1. The minimum atomic E-state index is -4.49. The number of unbranched alkanes of at least 4 members (excludes halogenated alkanes) is 1. The lowest BCUT2D eigenvalue weighted by Crippen LogP contribution is -2.54. The van der Waals surface area contributed by atoms with Gasteiger partial charge in [0.25, 0.3) is 0 Å². The maximum absolute atomic E-state index is 13.6. The third kappa shape index (κ3) is 6.40. The molecule has 0 saturated carbocycles. The molecule has 2 aromatic carbocycles. The molecule has 1 aliphatic heterocycles. The van der Waals surface area contributed by atoms with Gasteiger partial charge in [-0.1, -0.05) is 55.0 Å². The van der Waals surface area contributed by atoms with Gasteiger partial charge in [0.05, 0.1) is 0 Å². The first-order chi connectivity index (χ1) is 18.3. The number of nitrogens with zero attached hydrogens (tertiary/aromatic N) is 2. The topological polar surface area (TPSA) is 61.9 Å². The predicted octanol–water partition coefficient (Wildman–Crippen LogP) is 5.74. The average molecular weight is 546 g/mol. The molecule has 0 spiro atoms. The van der Waals surface area contributed by atoms with Crippen LogP contribution >= 0.6 is 0 Å². The molecule has 1 saturated heterocycles. The van der Waals surface area contributed by atoms with Crippen LogP contribution in [0.4, 0.5) is 18.0 Å². The lowest BCUT2D eigenvalue weighted by Gasteiger charge is -2.40. The number of alkyl halides is 3. The number of piperazine rings is 1. The first-order valence-electron chi connectivity index (χ1n) is 13.6. The number of hydrogen-bond donors (Lipinski definition) is 1. The number of hydrogen-bond acceptors (Lipinski definition) is 4. The molecule has 9 heteroatoms. The number of nitrogens with one attached hydrogen (secondary N) is 1. The van der Waals surface area contributed by atoms with Crippen molar-refractivity contribution >= 4 is 12.0 Å². The van der Waals surface area contributed by atoms with Crippen molar-refractivity contribution in [1.82, 2.24) is 15.1 Å². The van der Waals surface area contributed by atoms with Crippen LogP contribution in [0.2, 0.25) is 0 Å². The van der Waals surface area contributed by atoms with Gasteiger partial charge in [0.1, 0.15) is 17.6 Å². The predicted molar refractivity (Wildman–Crippen MR) is 144 cm³/mol. The van der Waals surface area contributed by atoms with Crippen LogP contribution in [-0.4, -0.2) is 72.3 Å². The molecule has 4 rings (SSSR count). The Morgan fingerprint density at radius 2 is 1.56 bits per heavy atom. The Morgan fingerprint density at radius 3 is 2.10 bits per heavy atom. The second kappa shape index (κ2) is 11.2. The summed E-state index contributed by atoms with van der Waals surface area (Å²) in [6, 6.07) is 15.2. The van der Waals surface area contributed by atoms with E-state index < -0.39 is 29.6 Å². The van der Waals surface area contributed by atoms with Crippen LogP contribution in [0, 0.1) is 0 Å². The summed E-state index contributed by atoms with van der Waals surface area (Å²) in [5.41, 5.74) is 1.57. The Bertz CT molecular complexity index is 1150. The Kier molecular flexibility index (Phi) is 8.30. The van der Waals surface area contributed by atoms with E-state index in [9.17, 15) is 22.8 Å². The zero-order valence-corrected chi connectivity index (χ0v) is 23.1. The van der Waals surface area contributed by atoms with Crippen LogP contribution in [0.15, 0.2) is 48.5 Å². The molecule has 1 heterocycles. The third-order valence-electron chi connectivity index (χ3n) is 7.56. The van der Waals surface area contributed by atoms with Gasteiger partial charge in [0.15, 0.2) is 0 Å². The van der Waals surface area contributed by atoms with Gasteiger partial charge >= 0.3 is 12.3 Å². The quantitative estimate of drug-likeness (QED) is 0.451. The Hall–Kier alpha value is -3.07. The molecule has 0 aromatic heterocycles. The van der Waals surface area contributed by atoms with Gasteiger partial charge in [-0.05, 0) is 69.3 Å². The van der Waals surface area contributed by atoms with Gasteiger partial charge in [-0.2, -0.15) is 13.2 Å². The second-order valence-corrected chi connectivity index (χ2v) is 11.6. The molecule has 1 atom stereocenters. The highest BCUT2D eigenvalue weighted by atomic mass is 19.4. The molecule has 2 aliphatic rings. The van der Waals surface area contributed by atoms with Crippen molar-refractivity contribution in [1.29, 1.82) is 0 Å². The summed E-state index contributed by atoms with van der Waals surface area (Å²) in [6.07, 6.45) is -2.97. The minimum absolute atomic E-state index is 0.142. The molecule has 0 unspecified atom stereocenters. The normalized spacial score (nSPS) is 18.8. The summed E-state index contributed by atoms with van der Waals surface area (Å²) >= 11 is 0. The van der Waals surface area contributed by atoms with Crippen molar-refractivity contribution in [3.63, 3.8) is 0 Å². The lowest BCUT2D eigenvalue weighted by molar-refractivity contribution is -0.141. The van der Waals surface area contributed by atoms with Crippen LogP contribution in [0.25, 0.3) is 11.1 Å². The van der Waals surface area contributed by atoms with Crippen molar-refractivity contribution in [3.05, 3.63) is 59.7 Å². The molecule has 212 valence electrons. The van der Waals surface area contributed by atoms with E-state index in [1.54, 1.807) is 4.90 Å². The maximum Gasteiger partial charge on any atom is 0.410 e. The Morgan fingerprint density at radius 1 is 0.974 bits per heavy atom. The summed E-state index contributed by atoms with van der Waals surface area (Å²) in [5.74, 6) is -0.614. The first-order valence-corrected chi connectivity index (χ1v) is 13.6. The van der Waals surface area contributed by atoms with Crippen LogP contribution in [-0.2, 0) is 14.9 Å². The van der Waals surface area contributed by atoms with Crippen LogP contribution in [0.5, 0.6) is 0 Å². The summed E-state index contributed by atoms with van der Waals surface area (Å²) in [7, 11) is 0. The molecular formula is C30H38F3N3O3. The third-order valence-corrected chi connectivity index (χ3v) is 7.56. The summed E-state index contributed by atoms with van der Waals surface area (Å²) in [6.45, 7) is 8.88. The van der Waals surface area contributed by atoms with Crippen LogP contribution in [0.1, 0.15) is 58.1 Å². The summed E-state index contributed by atoms with van der Waals surface area (Å²) < 4.78 is 44.7. The van der Waals surface area contributed by atoms with E-state index in [-0.39, 0.29) is 12.1 Å². The lowest BCUT2D eigenvalue weighted by atomic mass is 9.73. The molecule has 1 aliphatic carbocycles. The first kappa shape index (κ1) is 28.9. The molecule has 1 N–H and O–H groups in total. The van der Waals surface area contributed by atoms with E-state index in [1.165, 1.54) is 0 Å². The second-order valence-electron chi connectivity index (χ2n) is 11.6. The number of rotatable bonds is 7. The molecule has 6 nitrogen and oxygen atoms in total. The standard InChI is InChI=1S/C30H38F3N3O3/c1-21-19-36(27(38)39-28(2,3)4)18-17-35(21)16-10-9-15-29(26(37)34-20-30(31,32)33)24-13-7-5-11-22(24)23-12-6-8-14-25(23)29/h5-8,11-14,21H,9-10,15-20H2,1-4H3,(H,34,37)/t21-/m0/s1. The fourth-order valence-corrected chi connectivity index (χ4v) is 5.81. The van der Waals surface area contributed by atoms with Gasteiger partial charge in [-0.25, -0.2) is 4.79 Å². The minimum Gasteiger partial charge on any atom is -0.444 e. The SMILES string of the molecule is C[C@H]1CN(C(=O)OC(C)(C)C)CCN1CCCCC1(C(=O)NCC(F)(F)F)c2ccccc2-c2ccccc21. The molecule has 2 amide bonds. The zero-order valence-electron chi connectivity index (χ0n) is 23.1. The van der Waals surface area contributed by atoms with Crippen LogP contribution in [0.3, 0.4) is 0 Å². The number of benzene rings is 2. The maximum atomic E-state index is 13.6. The van der Waals surface area contributed by atoms with Gasteiger partial charge in [0, 0.05) is 25.7 Å². The van der Waals surface area contributed by atoms with Crippen molar-refractivity contribution in [3.8, 4) is 11.1 Å². The number of halogens is 3. The fraction of sp³-hybridized carbons (Fsp3) is 0.533. The largest absolute Gasteiger partial charge is 0.444 e. The van der Waals surface area contributed by atoms with E-state index in [2.05, 4.69) is 17.1 Å². The van der Waals surface area contributed by atoms with Gasteiger partial charge in [-0.3, -0.25) is 9.69 Å². The number of fused-ring (bicyclic) bond motifs is 3. The fourth-order valence-electron chi connectivity index (χ4n) is 5.81. The monoisotopic (exact) mass is 545 g/mol. The smallest absolute Gasteiger partial charge is 0.410 e. The van der Waals surface area contributed by atoms with E-state index in [0.717, 1.165) is 35.2 Å². The van der Waals surface area contributed by atoms with E-state index in [4.69, 9.17) is 4.74 Å². The highest BCUT2D eigenvalue weighted by Crippen LogP contribution is 2.51. The Labute approximate surface area is 228 Å². The average Bonchev–Trinajstić information content (AvgIpc) is 3.15. The van der Waals surface area contributed by atoms with Crippen molar-refractivity contribution in [2.24, 2.45) is 0 Å². The molecule has 2 aromatic rings. The van der Waals surface area contributed by atoms with Gasteiger partial charge in [0.2, 0.25) is 5.91 Å². The number of carbonyl (C=O) groups excluding carboxylic acids is 2. The number of carbonyl (C=O) groups is 2. The van der Waals surface area contributed by atoms with Crippen LogP contribution < -0.4 is 5.32 Å². The molecular weight excluding hydrogens is 507 g/mol. The molecule has 1 fully saturated rings. The molecule has 0 radical (unpaired) electrons. The van der Waals surface area contributed by atoms with Crippen molar-refractivity contribution < 1.29 is 27.5 Å². The number of amides is 2. The van der Waals surface area contributed by atoms with Crippen molar-refractivity contribution in [2.45, 2.75) is 70.2 Å². The van der Waals surface area contributed by atoms with E-state index in [1.807, 2.05) is 69.3 Å². The Balaban J connectivity index is 1.45. The highest BCUT2D eigenvalue weighted by molar-refractivity contribution is 6.00. The van der Waals surface area contributed by atoms with E-state index in [0.29, 0.717) is 32.5 Å². The van der Waals surface area contributed by atoms with Gasteiger partial charge in [-0.15, -0.1) is 0 Å². The summed E-state index contributed by atoms with van der Waals surface area (Å²) in [5, 5.41) is 2.19. The van der Waals surface area contributed by atoms with E-state index >= 15 is 0 Å². The van der Waals surface area contributed by atoms with Gasteiger partial charge < -0.3 is 15.0 Å². The number of ether oxygens (including phenoxy) is 1.